The molecule has 0 amide bonds. The first kappa shape index (κ1) is 15.7. The molecule has 0 bridgehead atoms. The van der Waals surface area contributed by atoms with Gasteiger partial charge in [0.05, 0.1) is 17.5 Å². The molecule has 0 saturated carbocycles. The van der Waals surface area contributed by atoms with Crippen molar-refractivity contribution in [2.75, 3.05) is 7.11 Å². The van der Waals surface area contributed by atoms with Crippen LogP contribution in [0.15, 0.2) is 48.2 Å². The molecule has 0 aliphatic heterocycles. The third kappa shape index (κ3) is 3.27. The van der Waals surface area contributed by atoms with Crippen molar-refractivity contribution >= 4 is 11.3 Å². The summed E-state index contributed by atoms with van der Waals surface area (Å²) in [5, 5.41) is 0. The van der Waals surface area contributed by atoms with Crippen molar-refractivity contribution < 1.29 is 4.74 Å². The van der Waals surface area contributed by atoms with Gasteiger partial charge in [0.25, 0.3) is 0 Å². The van der Waals surface area contributed by atoms with Crippen molar-refractivity contribution in [2.24, 2.45) is 0 Å². The average Bonchev–Trinajstić information content (AvgIpc) is 3.15. The summed E-state index contributed by atoms with van der Waals surface area (Å²) < 4.78 is 5.27. The zero-order valence-corrected chi connectivity index (χ0v) is 14.4. The number of hydrogen-bond acceptors (Lipinski definition) is 4. The summed E-state index contributed by atoms with van der Waals surface area (Å²) in [6, 6.07) is 10.4. The zero-order chi connectivity index (χ0) is 16.2. The third-order valence-corrected chi connectivity index (χ3v) is 4.95. The molecule has 3 rings (SSSR count). The number of aromatic nitrogens is 2. The first-order valence-corrected chi connectivity index (χ1v) is 8.64. The van der Waals surface area contributed by atoms with E-state index in [2.05, 4.69) is 42.0 Å². The zero-order valence-electron chi connectivity index (χ0n) is 13.6. The standard InChI is InChI=1S/C19H20N2OS/c1-4-13(2)18-9-16(14-5-7-15(22-3)8-6-14)17(10-21-18)19-11-20-12-23-19/h5-13H,4H2,1-3H3. The van der Waals surface area contributed by atoms with Gasteiger partial charge in [0.15, 0.2) is 0 Å². The highest BCUT2D eigenvalue weighted by Crippen LogP contribution is 2.36. The monoisotopic (exact) mass is 324 g/mol. The van der Waals surface area contributed by atoms with Gasteiger partial charge in [-0.2, -0.15) is 0 Å². The number of ether oxygens (including phenoxy) is 1. The van der Waals surface area contributed by atoms with Gasteiger partial charge in [-0.25, -0.2) is 0 Å². The molecule has 1 atom stereocenters. The Bertz CT molecular complexity index is 767. The van der Waals surface area contributed by atoms with Gasteiger partial charge < -0.3 is 4.74 Å². The van der Waals surface area contributed by atoms with Gasteiger partial charge in [-0.15, -0.1) is 11.3 Å². The minimum atomic E-state index is 0.447. The molecular weight excluding hydrogens is 304 g/mol. The Balaban J connectivity index is 2.13. The lowest BCUT2D eigenvalue weighted by Crippen LogP contribution is -1.97. The van der Waals surface area contributed by atoms with Crippen molar-refractivity contribution in [1.82, 2.24) is 9.97 Å². The molecule has 0 aliphatic rings. The Morgan fingerprint density at radius 2 is 1.91 bits per heavy atom. The molecule has 0 radical (unpaired) electrons. The van der Waals surface area contributed by atoms with Crippen LogP contribution >= 0.6 is 11.3 Å². The van der Waals surface area contributed by atoms with Gasteiger partial charge in [-0.05, 0) is 41.7 Å². The van der Waals surface area contributed by atoms with Crippen LogP contribution < -0.4 is 4.74 Å². The second-order valence-electron chi connectivity index (χ2n) is 5.56. The number of nitrogens with zero attached hydrogens (tertiary/aromatic N) is 2. The molecule has 0 fully saturated rings. The molecule has 3 nitrogen and oxygen atoms in total. The highest BCUT2D eigenvalue weighted by atomic mass is 32.1. The maximum Gasteiger partial charge on any atom is 0.118 e. The molecule has 3 aromatic rings. The first-order valence-electron chi connectivity index (χ1n) is 7.76. The lowest BCUT2D eigenvalue weighted by atomic mass is 9.96. The summed E-state index contributed by atoms with van der Waals surface area (Å²) in [7, 11) is 1.69. The van der Waals surface area contributed by atoms with Gasteiger partial charge in [0, 0.05) is 23.7 Å². The molecule has 4 heteroatoms. The van der Waals surface area contributed by atoms with Crippen LogP contribution in [0.3, 0.4) is 0 Å². The highest BCUT2D eigenvalue weighted by molar-refractivity contribution is 7.13. The first-order chi connectivity index (χ1) is 11.2. The van der Waals surface area contributed by atoms with Gasteiger partial charge in [-0.1, -0.05) is 26.0 Å². The number of pyridine rings is 1. The lowest BCUT2D eigenvalue weighted by Gasteiger charge is -2.14. The van der Waals surface area contributed by atoms with Crippen LogP contribution in [0, 0.1) is 0 Å². The summed E-state index contributed by atoms with van der Waals surface area (Å²) in [6.07, 6.45) is 4.96. The topological polar surface area (TPSA) is 35.0 Å². The molecule has 2 aromatic heterocycles. The summed E-state index contributed by atoms with van der Waals surface area (Å²) >= 11 is 1.64. The Hall–Kier alpha value is -2.20. The van der Waals surface area contributed by atoms with Gasteiger partial charge >= 0.3 is 0 Å². The number of methoxy groups -OCH3 is 1. The number of hydrogen-bond donors (Lipinski definition) is 0. The fourth-order valence-electron chi connectivity index (χ4n) is 2.50. The van der Waals surface area contributed by atoms with E-state index >= 15 is 0 Å². The smallest absolute Gasteiger partial charge is 0.118 e. The average molecular weight is 324 g/mol. The number of thiazole rings is 1. The molecule has 1 aromatic carbocycles. The minimum Gasteiger partial charge on any atom is -0.497 e. The van der Waals surface area contributed by atoms with Crippen LogP contribution in [-0.4, -0.2) is 17.1 Å². The van der Waals surface area contributed by atoms with E-state index < -0.39 is 0 Å². The van der Waals surface area contributed by atoms with Gasteiger partial charge in [0.2, 0.25) is 0 Å². The van der Waals surface area contributed by atoms with Crippen molar-refractivity contribution in [3.05, 3.63) is 53.9 Å². The Morgan fingerprint density at radius 3 is 2.52 bits per heavy atom. The van der Waals surface area contributed by atoms with E-state index in [0.717, 1.165) is 28.3 Å². The highest BCUT2D eigenvalue weighted by Gasteiger charge is 2.13. The Labute approximate surface area is 141 Å². The number of rotatable bonds is 5. The Kier molecular flexibility index (Phi) is 4.72. The van der Waals surface area contributed by atoms with E-state index in [1.807, 2.05) is 30.0 Å². The fraction of sp³-hybridized carbons (Fsp3) is 0.263. The molecule has 2 heterocycles. The normalized spacial score (nSPS) is 12.1. The van der Waals surface area contributed by atoms with Crippen molar-refractivity contribution in [2.45, 2.75) is 26.2 Å². The second kappa shape index (κ2) is 6.92. The summed E-state index contributed by atoms with van der Waals surface area (Å²) in [4.78, 5) is 10.0. The molecule has 118 valence electrons. The summed E-state index contributed by atoms with van der Waals surface area (Å²) in [6.45, 7) is 4.41. The predicted molar refractivity (Wildman–Crippen MR) is 96.0 cm³/mol. The van der Waals surface area contributed by atoms with Crippen molar-refractivity contribution in [3.8, 4) is 27.3 Å². The van der Waals surface area contributed by atoms with E-state index in [9.17, 15) is 0 Å². The molecule has 0 spiro atoms. The molecule has 0 aliphatic carbocycles. The van der Waals surface area contributed by atoms with Gasteiger partial charge in [0.1, 0.15) is 5.75 Å². The Morgan fingerprint density at radius 1 is 1.13 bits per heavy atom. The molecular formula is C19H20N2OS. The lowest BCUT2D eigenvalue weighted by molar-refractivity contribution is 0.415. The van der Waals surface area contributed by atoms with E-state index in [-0.39, 0.29) is 0 Å². The maximum absolute atomic E-state index is 5.27. The van der Waals surface area contributed by atoms with Crippen LogP contribution in [0.2, 0.25) is 0 Å². The van der Waals surface area contributed by atoms with Crippen LogP contribution in [-0.2, 0) is 0 Å². The minimum absolute atomic E-state index is 0.447. The molecule has 0 N–H and O–H groups in total. The predicted octanol–water partition coefficient (Wildman–Crippen LogP) is 5.39. The third-order valence-electron chi connectivity index (χ3n) is 4.14. The quantitative estimate of drug-likeness (QED) is 0.631. The second-order valence-corrected chi connectivity index (χ2v) is 6.44. The van der Waals surface area contributed by atoms with Crippen molar-refractivity contribution in [1.29, 1.82) is 0 Å². The van der Waals surface area contributed by atoms with Crippen LogP contribution in [0.25, 0.3) is 21.6 Å². The molecule has 1 unspecified atom stereocenters. The van der Waals surface area contributed by atoms with E-state index in [1.54, 1.807) is 18.4 Å². The largest absolute Gasteiger partial charge is 0.497 e. The number of benzene rings is 1. The van der Waals surface area contributed by atoms with Crippen molar-refractivity contribution in [3.63, 3.8) is 0 Å². The van der Waals surface area contributed by atoms with Gasteiger partial charge in [-0.3, -0.25) is 9.97 Å². The van der Waals surface area contributed by atoms with Crippen LogP contribution in [0.5, 0.6) is 5.75 Å². The maximum atomic E-state index is 5.27. The van der Waals surface area contributed by atoms with Crippen LogP contribution in [0.1, 0.15) is 31.9 Å². The van der Waals surface area contributed by atoms with E-state index in [0.29, 0.717) is 5.92 Å². The SMILES string of the molecule is CCC(C)c1cc(-c2ccc(OC)cc2)c(-c2cncs2)cn1. The molecule has 0 saturated heterocycles. The fourth-order valence-corrected chi connectivity index (χ4v) is 3.15. The van der Waals surface area contributed by atoms with Crippen LogP contribution in [0.4, 0.5) is 0 Å². The summed E-state index contributed by atoms with van der Waals surface area (Å²) in [5.74, 6) is 1.31. The summed E-state index contributed by atoms with van der Waals surface area (Å²) in [5.41, 5.74) is 6.48. The molecule has 23 heavy (non-hydrogen) atoms. The van der Waals surface area contributed by atoms with E-state index in [4.69, 9.17) is 4.74 Å². The van der Waals surface area contributed by atoms with E-state index in [1.165, 1.54) is 11.1 Å².